The molecule has 3 unspecified atom stereocenters. The topological polar surface area (TPSA) is 50.9 Å². The molecule has 2 aromatic rings. The summed E-state index contributed by atoms with van der Waals surface area (Å²) in [5.41, 5.74) is 8.93. The molecule has 0 radical (unpaired) electrons. The zero-order valence-corrected chi connectivity index (χ0v) is 12.3. The first-order valence-electron chi connectivity index (χ1n) is 7.60. The van der Waals surface area contributed by atoms with Crippen LogP contribution in [0, 0.1) is 11.8 Å². The average molecular weight is 269 g/mol. The summed E-state index contributed by atoms with van der Waals surface area (Å²) >= 11 is 0. The fourth-order valence-corrected chi connectivity index (χ4v) is 3.54. The highest BCUT2D eigenvalue weighted by Crippen LogP contribution is 2.37. The Balaban J connectivity index is 1.90. The van der Waals surface area contributed by atoms with Gasteiger partial charge < -0.3 is 11.1 Å². The molecule has 0 aliphatic heterocycles. The fourth-order valence-electron chi connectivity index (χ4n) is 3.54. The lowest BCUT2D eigenvalue weighted by Crippen LogP contribution is -2.24. The third-order valence-electron chi connectivity index (χ3n) is 4.90. The van der Waals surface area contributed by atoms with E-state index in [0.717, 1.165) is 34.1 Å². The molecule has 3 atom stereocenters. The number of benzene rings is 1. The van der Waals surface area contributed by atoms with Crippen molar-refractivity contribution in [2.24, 2.45) is 11.8 Å². The van der Waals surface area contributed by atoms with E-state index < -0.39 is 0 Å². The third-order valence-corrected chi connectivity index (χ3v) is 4.90. The van der Waals surface area contributed by atoms with E-state index in [4.69, 9.17) is 5.73 Å². The second kappa shape index (κ2) is 5.31. The molecule has 3 rings (SSSR count). The van der Waals surface area contributed by atoms with Gasteiger partial charge in [-0.2, -0.15) is 0 Å². The molecule has 0 spiro atoms. The van der Waals surface area contributed by atoms with E-state index in [9.17, 15) is 0 Å². The number of aromatic nitrogens is 1. The Morgan fingerprint density at radius 1 is 1.30 bits per heavy atom. The Kier molecular flexibility index (Phi) is 3.51. The van der Waals surface area contributed by atoms with Crippen LogP contribution in [0.5, 0.6) is 0 Å². The predicted molar refractivity (Wildman–Crippen MR) is 85.7 cm³/mol. The van der Waals surface area contributed by atoms with Gasteiger partial charge in [0, 0.05) is 23.3 Å². The first-order chi connectivity index (χ1) is 9.70. The van der Waals surface area contributed by atoms with Crippen LogP contribution in [-0.2, 0) is 0 Å². The van der Waals surface area contributed by atoms with Crippen LogP contribution >= 0.6 is 0 Å². The van der Waals surface area contributed by atoms with E-state index in [1.165, 1.54) is 19.3 Å². The summed E-state index contributed by atoms with van der Waals surface area (Å²) in [6.07, 6.45) is 5.69. The second-order valence-electron chi connectivity index (χ2n) is 5.96. The summed E-state index contributed by atoms with van der Waals surface area (Å²) in [6.45, 7) is 4.66. The number of hydrogen-bond donors (Lipinski definition) is 2. The van der Waals surface area contributed by atoms with Gasteiger partial charge in [0.25, 0.3) is 0 Å². The molecule has 1 saturated carbocycles. The molecule has 3 nitrogen and oxygen atoms in total. The van der Waals surface area contributed by atoms with Gasteiger partial charge in [-0.1, -0.05) is 20.3 Å². The van der Waals surface area contributed by atoms with Crippen molar-refractivity contribution >= 4 is 22.3 Å². The minimum atomic E-state index is 0.550. The van der Waals surface area contributed by atoms with Crippen molar-refractivity contribution in [3.63, 3.8) is 0 Å². The Morgan fingerprint density at radius 3 is 2.90 bits per heavy atom. The first kappa shape index (κ1) is 13.2. The highest BCUT2D eigenvalue weighted by Gasteiger charge is 2.31. The van der Waals surface area contributed by atoms with Crippen molar-refractivity contribution in [1.29, 1.82) is 0 Å². The number of anilines is 2. The summed E-state index contributed by atoms with van der Waals surface area (Å²) in [6, 6.07) is 8.57. The SMILES string of the molecule is CCC1CCC(Nc2ccc(N)c3cccnc23)C1C. The summed E-state index contributed by atoms with van der Waals surface area (Å²) in [5, 5.41) is 4.74. The fraction of sp³-hybridized carbons (Fsp3) is 0.471. The maximum absolute atomic E-state index is 6.04. The molecule has 20 heavy (non-hydrogen) atoms. The minimum absolute atomic E-state index is 0.550. The summed E-state index contributed by atoms with van der Waals surface area (Å²) < 4.78 is 0. The Hall–Kier alpha value is -1.77. The van der Waals surface area contributed by atoms with E-state index in [2.05, 4.69) is 30.2 Å². The number of nitrogen functional groups attached to an aromatic ring is 1. The van der Waals surface area contributed by atoms with Crippen molar-refractivity contribution in [2.75, 3.05) is 11.1 Å². The van der Waals surface area contributed by atoms with Crippen molar-refractivity contribution in [3.8, 4) is 0 Å². The van der Waals surface area contributed by atoms with Gasteiger partial charge >= 0.3 is 0 Å². The monoisotopic (exact) mass is 269 g/mol. The number of pyridine rings is 1. The normalized spacial score (nSPS) is 26.0. The molecule has 3 N–H and O–H groups in total. The molecule has 1 aliphatic carbocycles. The van der Waals surface area contributed by atoms with Crippen LogP contribution < -0.4 is 11.1 Å². The number of rotatable bonds is 3. The summed E-state index contributed by atoms with van der Waals surface area (Å²) in [7, 11) is 0. The molecule has 0 amide bonds. The zero-order valence-electron chi connectivity index (χ0n) is 12.3. The minimum Gasteiger partial charge on any atom is -0.398 e. The maximum atomic E-state index is 6.04. The van der Waals surface area contributed by atoms with Gasteiger partial charge in [0.05, 0.1) is 11.2 Å². The van der Waals surface area contributed by atoms with Crippen LogP contribution in [0.1, 0.15) is 33.1 Å². The molecule has 3 heteroatoms. The first-order valence-corrected chi connectivity index (χ1v) is 7.60. The zero-order chi connectivity index (χ0) is 14.1. The van der Waals surface area contributed by atoms with Gasteiger partial charge in [0.15, 0.2) is 0 Å². The van der Waals surface area contributed by atoms with Crippen molar-refractivity contribution < 1.29 is 0 Å². The largest absolute Gasteiger partial charge is 0.398 e. The van der Waals surface area contributed by atoms with Crippen LogP contribution in [-0.4, -0.2) is 11.0 Å². The molecule has 0 saturated heterocycles. The molecule has 1 heterocycles. The summed E-state index contributed by atoms with van der Waals surface area (Å²) in [5.74, 6) is 1.57. The lowest BCUT2D eigenvalue weighted by atomic mass is 9.93. The number of hydrogen-bond acceptors (Lipinski definition) is 3. The quantitative estimate of drug-likeness (QED) is 0.826. The van der Waals surface area contributed by atoms with E-state index in [1.54, 1.807) is 0 Å². The van der Waals surface area contributed by atoms with Crippen molar-refractivity contribution in [1.82, 2.24) is 4.98 Å². The lowest BCUT2D eigenvalue weighted by Gasteiger charge is -2.22. The molecule has 1 aliphatic rings. The molecule has 1 aromatic heterocycles. The smallest absolute Gasteiger partial charge is 0.0953 e. The van der Waals surface area contributed by atoms with Gasteiger partial charge in [-0.05, 0) is 48.9 Å². The number of nitrogens with one attached hydrogen (secondary N) is 1. The van der Waals surface area contributed by atoms with E-state index in [-0.39, 0.29) is 0 Å². The van der Waals surface area contributed by atoms with Crippen molar-refractivity contribution in [3.05, 3.63) is 30.5 Å². The molecular formula is C17H23N3. The van der Waals surface area contributed by atoms with Gasteiger partial charge in [-0.25, -0.2) is 0 Å². The second-order valence-corrected chi connectivity index (χ2v) is 5.96. The molecular weight excluding hydrogens is 246 g/mol. The van der Waals surface area contributed by atoms with Crippen LogP contribution in [0.15, 0.2) is 30.5 Å². The van der Waals surface area contributed by atoms with Gasteiger partial charge in [-0.15, -0.1) is 0 Å². The molecule has 1 fully saturated rings. The third kappa shape index (κ3) is 2.21. The summed E-state index contributed by atoms with van der Waals surface area (Å²) in [4.78, 5) is 4.51. The molecule has 1 aromatic carbocycles. The number of fused-ring (bicyclic) bond motifs is 1. The highest BCUT2D eigenvalue weighted by molar-refractivity contribution is 5.98. The average Bonchev–Trinajstić information content (AvgIpc) is 2.83. The van der Waals surface area contributed by atoms with E-state index in [0.29, 0.717) is 6.04 Å². The number of nitrogens with zero attached hydrogens (tertiary/aromatic N) is 1. The van der Waals surface area contributed by atoms with Crippen LogP contribution in [0.2, 0.25) is 0 Å². The Morgan fingerprint density at radius 2 is 2.15 bits per heavy atom. The predicted octanol–water partition coefficient (Wildman–Crippen LogP) is 4.05. The lowest BCUT2D eigenvalue weighted by molar-refractivity contribution is 0.392. The van der Waals surface area contributed by atoms with Crippen LogP contribution in [0.3, 0.4) is 0 Å². The van der Waals surface area contributed by atoms with Crippen LogP contribution in [0.25, 0.3) is 10.9 Å². The van der Waals surface area contributed by atoms with Gasteiger partial charge in [-0.3, -0.25) is 4.98 Å². The molecule has 106 valence electrons. The highest BCUT2D eigenvalue weighted by atomic mass is 15.0. The van der Waals surface area contributed by atoms with Crippen molar-refractivity contribution in [2.45, 2.75) is 39.2 Å². The van der Waals surface area contributed by atoms with Crippen LogP contribution in [0.4, 0.5) is 11.4 Å². The Bertz CT molecular complexity index is 608. The number of nitrogens with two attached hydrogens (primary N) is 1. The van der Waals surface area contributed by atoms with E-state index >= 15 is 0 Å². The maximum Gasteiger partial charge on any atom is 0.0953 e. The van der Waals surface area contributed by atoms with E-state index in [1.807, 2.05) is 24.4 Å². The standard InChI is InChI=1S/C17H23N3/c1-3-12-6-8-15(11(12)2)20-16-9-7-14(18)13-5-4-10-19-17(13)16/h4-5,7,9-12,15,20H,3,6,8,18H2,1-2H3. The van der Waals surface area contributed by atoms with Gasteiger partial charge in [0.1, 0.15) is 0 Å². The van der Waals surface area contributed by atoms with Gasteiger partial charge in [0.2, 0.25) is 0 Å². The Labute approximate surface area is 120 Å². The molecule has 0 bridgehead atoms.